The second-order valence-corrected chi connectivity index (χ2v) is 3.89. The van der Waals surface area contributed by atoms with Crippen LogP contribution in [0.1, 0.15) is 43.6 Å². The van der Waals surface area contributed by atoms with Gasteiger partial charge in [0.2, 0.25) is 0 Å². The first-order valence-electron chi connectivity index (χ1n) is 5.12. The fraction of sp³-hybridized carbons (Fsp3) is 0.500. The Hall–Kier alpha value is -0.850. The summed E-state index contributed by atoms with van der Waals surface area (Å²) in [5.41, 5.74) is 1.32. The summed E-state index contributed by atoms with van der Waals surface area (Å²) in [6, 6.07) is 7.02. The van der Waals surface area contributed by atoms with Gasteiger partial charge in [-0.1, -0.05) is 31.4 Å². The Balaban J connectivity index is 2.10. The number of halogens is 1. The lowest BCUT2D eigenvalue weighted by atomic mass is 9.84. The maximum atomic E-state index is 12.7. The number of rotatable bonds is 1. The van der Waals surface area contributed by atoms with Crippen LogP contribution in [-0.2, 0) is 0 Å². The zero-order valence-electron chi connectivity index (χ0n) is 7.80. The van der Waals surface area contributed by atoms with Crippen LogP contribution in [0.3, 0.4) is 0 Å². The molecule has 1 aliphatic carbocycles. The van der Waals surface area contributed by atoms with E-state index in [1.54, 1.807) is 12.1 Å². The molecule has 0 spiro atoms. The summed E-state index contributed by atoms with van der Waals surface area (Å²) in [7, 11) is 0. The molecule has 13 heavy (non-hydrogen) atoms. The minimum absolute atomic E-state index is 0.125. The van der Waals surface area contributed by atoms with Gasteiger partial charge in [-0.25, -0.2) is 4.39 Å². The summed E-state index contributed by atoms with van der Waals surface area (Å²) in [6.07, 6.45) is 6.61. The highest BCUT2D eigenvalue weighted by Crippen LogP contribution is 2.32. The van der Waals surface area contributed by atoms with Gasteiger partial charge in [0.15, 0.2) is 0 Å². The molecule has 1 aromatic carbocycles. The molecule has 70 valence electrons. The molecule has 0 heterocycles. The maximum absolute atomic E-state index is 12.7. The van der Waals surface area contributed by atoms with E-state index < -0.39 is 0 Å². The molecule has 1 aliphatic rings. The quantitative estimate of drug-likeness (QED) is 0.612. The molecule has 0 saturated heterocycles. The van der Waals surface area contributed by atoms with E-state index >= 15 is 0 Å². The molecule has 1 fully saturated rings. The Morgan fingerprint density at radius 3 is 2.15 bits per heavy atom. The predicted molar refractivity (Wildman–Crippen MR) is 52.2 cm³/mol. The highest BCUT2D eigenvalue weighted by atomic mass is 19.1. The van der Waals surface area contributed by atoms with Gasteiger partial charge in [-0.2, -0.15) is 0 Å². The van der Waals surface area contributed by atoms with Crippen molar-refractivity contribution in [3.05, 3.63) is 35.6 Å². The van der Waals surface area contributed by atoms with Crippen molar-refractivity contribution >= 4 is 0 Å². The lowest BCUT2D eigenvalue weighted by Gasteiger charge is -2.21. The van der Waals surface area contributed by atoms with Crippen molar-refractivity contribution in [1.82, 2.24) is 0 Å². The Bertz CT molecular complexity index is 257. The van der Waals surface area contributed by atoms with Gasteiger partial charge in [-0.15, -0.1) is 0 Å². The predicted octanol–water partition coefficient (Wildman–Crippen LogP) is 3.87. The molecule has 0 N–H and O–H groups in total. The molecule has 0 bridgehead atoms. The molecule has 1 heteroatoms. The van der Waals surface area contributed by atoms with Gasteiger partial charge < -0.3 is 0 Å². The van der Waals surface area contributed by atoms with Crippen LogP contribution < -0.4 is 0 Å². The molecule has 2 rings (SSSR count). The van der Waals surface area contributed by atoms with E-state index in [2.05, 4.69) is 0 Å². The fourth-order valence-corrected chi connectivity index (χ4v) is 2.17. The molecular formula is C12H15F. The van der Waals surface area contributed by atoms with Gasteiger partial charge >= 0.3 is 0 Å². The van der Waals surface area contributed by atoms with Gasteiger partial charge in [-0.3, -0.25) is 0 Å². The minimum Gasteiger partial charge on any atom is -0.207 e. The molecule has 0 aliphatic heterocycles. The third-order valence-corrected chi connectivity index (χ3v) is 2.95. The van der Waals surface area contributed by atoms with Gasteiger partial charge in [0, 0.05) is 0 Å². The Labute approximate surface area is 78.8 Å². The highest BCUT2D eigenvalue weighted by molar-refractivity contribution is 5.20. The van der Waals surface area contributed by atoms with Crippen LogP contribution in [0.25, 0.3) is 0 Å². The third kappa shape index (κ3) is 2.09. The Morgan fingerprint density at radius 1 is 0.923 bits per heavy atom. The highest BCUT2D eigenvalue weighted by Gasteiger charge is 2.14. The second-order valence-electron chi connectivity index (χ2n) is 3.89. The number of hydrogen-bond donors (Lipinski definition) is 0. The van der Waals surface area contributed by atoms with Gasteiger partial charge in [0.25, 0.3) is 0 Å². The van der Waals surface area contributed by atoms with E-state index in [9.17, 15) is 4.39 Å². The molecule has 1 aromatic rings. The topological polar surface area (TPSA) is 0 Å². The minimum atomic E-state index is -0.125. The molecule has 1 saturated carbocycles. The average molecular weight is 178 g/mol. The van der Waals surface area contributed by atoms with Crippen LogP contribution in [0, 0.1) is 5.82 Å². The summed E-state index contributed by atoms with van der Waals surface area (Å²) < 4.78 is 12.7. The van der Waals surface area contributed by atoms with Crippen LogP contribution in [0.5, 0.6) is 0 Å². The van der Waals surface area contributed by atoms with Crippen molar-refractivity contribution in [3.63, 3.8) is 0 Å². The molecule has 0 atom stereocenters. The van der Waals surface area contributed by atoms with E-state index in [0.717, 1.165) is 0 Å². The van der Waals surface area contributed by atoms with Crippen molar-refractivity contribution in [2.75, 3.05) is 0 Å². The second kappa shape index (κ2) is 3.91. The zero-order valence-corrected chi connectivity index (χ0v) is 7.80. The molecular weight excluding hydrogens is 163 g/mol. The standard InChI is InChI=1S/C12H15F/c13-12-8-6-11(7-9-12)10-4-2-1-3-5-10/h6-10H,1-5H2. The first kappa shape index (κ1) is 8.74. The first-order chi connectivity index (χ1) is 6.36. The van der Waals surface area contributed by atoms with Crippen molar-refractivity contribution in [1.29, 1.82) is 0 Å². The lowest BCUT2D eigenvalue weighted by Crippen LogP contribution is -2.04. The van der Waals surface area contributed by atoms with E-state index in [0.29, 0.717) is 5.92 Å². The van der Waals surface area contributed by atoms with Crippen molar-refractivity contribution in [3.8, 4) is 0 Å². The van der Waals surface area contributed by atoms with E-state index in [1.165, 1.54) is 37.7 Å². The fourth-order valence-electron chi connectivity index (χ4n) is 2.17. The monoisotopic (exact) mass is 178 g/mol. The molecule has 0 nitrogen and oxygen atoms in total. The van der Waals surface area contributed by atoms with E-state index in [1.807, 2.05) is 12.1 Å². The van der Waals surface area contributed by atoms with Crippen molar-refractivity contribution in [2.45, 2.75) is 38.0 Å². The number of hydrogen-bond acceptors (Lipinski definition) is 0. The van der Waals surface area contributed by atoms with Gasteiger partial charge in [0.05, 0.1) is 0 Å². The van der Waals surface area contributed by atoms with Crippen LogP contribution in [0.4, 0.5) is 4.39 Å². The Morgan fingerprint density at radius 2 is 1.54 bits per heavy atom. The summed E-state index contributed by atoms with van der Waals surface area (Å²) >= 11 is 0. The molecule has 0 amide bonds. The van der Waals surface area contributed by atoms with Crippen LogP contribution in [-0.4, -0.2) is 0 Å². The van der Waals surface area contributed by atoms with Gasteiger partial charge in [0.1, 0.15) is 5.82 Å². The van der Waals surface area contributed by atoms with Crippen LogP contribution in [0.15, 0.2) is 24.3 Å². The zero-order chi connectivity index (χ0) is 9.10. The van der Waals surface area contributed by atoms with Crippen molar-refractivity contribution in [2.24, 2.45) is 0 Å². The van der Waals surface area contributed by atoms with E-state index in [4.69, 9.17) is 0 Å². The Kier molecular flexibility index (Phi) is 2.62. The normalized spacial score (nSPS) is 18.8. The largest absolute Gasteiger partial charge is 0.207 e. The number of benzene rings is 1. The summed E-state index contributed by atoms with van der Waals surface area (Å²) in [5, 5.41) is 0. The van der Waals surface area contributed by atoms with E-state index in [-0.39, 0.29) is 5.82 Å². The van der Waals surface area contributed by atoms with Crippen molar-refractivity contribution < 1.29 is 4.39 Å². The molecule has 0 aromatic heterocycles. The first-order valence-corrected chi connectivity index (χ1v) is 5.12. The SMILES string of the molecule is Fc1ccc(C2CCCCC2)cc1. The maximum Gasteiger partial charge on any atom is 0.123 e. The average Bonchev–Trinajstić information content (AvgIpc) is 2.20. The lowest BCUT2D eigenvalue weighted by molar-refractivity contribution is 0.443. The summed E-state index contributed by atoms with van der Waals surface area (Å²) in [5.74, 6) is 0.564. The molecule has 0 unspecified atom stereocenters. The smallest absolute Gasteiger partial charge is 0.123 e. The molecule has 0 radical (unpaired) electrons. The van der Waals surface area contributed by atoms with Crippen LogP contribution >= 0.6 is 0 Å². The summed E-state index contributed by atoms with van der Waals surface area (Å²) in [6.45, 7) is 0. The van der Waals surface area contributed by atoms with Gasteiger partial charge in [-0.05, 0) is 36.5 Å². The summed E-state index contributed by atoms with van der Waals surface area (Å²) in [4.78, 5) is 0. The van der Waals surface area contributed by atoms with Crippen LogP contribution in [0.2, 0.25) is 0 Å². The third-order valence-electron chi connectivity index (χ3n) is 2.95.